The Kier molecular flexibility index (Phi) is 2.09. The van der Waals surface area contributed by atoms with Gasteiger partial charge in [-0.05, 0) is 18.8 Å². The van der Waals surface area contributed by atoms with Crippen LogP contribution in [0.5, 0.6) is 0 Å². The summed E-state index contributed by atoms with van der Waals surface area (Å²) in [6, 6.07) is 0. The Morgan fingerprint density at radius 3 is 2.30 bits per heavy atom. The molecule has 58 valence electrons. The topological polar surface area (TPSA) is 17.1 Å². The number of hydrogen-bond donors (Lipinski definition) is 0. The number of hydrogen-bond acceptors (Lipinski definition) is 1. The van der Waals surface area contributed by atoms with Crippen LogP contribution in [0.2, 0.25) is 0 Å². The second kappa shape index (κ2) is 2.70. The number of amides is 1. The molecule has 1 rings (SSSR count). The highest BCUT2D eigenvalue weighted by Crippen LogP contribution is 2.19. The molecule has 1 fully saturated rings. The number of rotatable bonds is 1. The van der Waals surface area contributed by atoms with E-state index in [-0.39, 0.29) is 0 Å². The van der Waals surface area contributed by atoms with Crippen molar-refractivity contribution >= 4 is 6.41 Å². The van der Waals surface area contributed by atoms with Gasteiger partial charge in [0, 0.05) is 0 Å². The highest BCUT2D eigenvalue weighted by Gasteiger charge is 2.27. The van der Waals surface area contributed by atoms with Crippen molar-refractivity contribution in [2.75, 3.05) is 20.1 Å². The average Bonchev–Trinajstić information content (AvgIpc) is 1.96. The van der Waals surface area contributed by atoms with Crippen LogP contribution < -0.4 is 0 Å². The van der Waals surface area contributed by atoms with Crippen LogP contribution in [-0.2, 0) is 4.79 Å². The predicted molar refractivity (Wildman–Crippen MR) is 40.4 cm³/mol. The van der Waals surface area contributed by atoms with Gasteiger partial charge in [0.25, 0.3) is 0 Å². The molecule has 0 aromatic heterocycles. The van der Waals surface area contributed by atoms with Gasteiger partial charge in [-0.3, -0.25) is 4.48 Å². The monoisotopic (exact) mass is 142 g/mol. The van der Waals surface area contributed by atoms with E-state index in [1.165, 1.54) is 12.8 Å². The zero-order valence-electron chi connectivity index (χ0n) is 6.84. The van der Waals surface area contributed by atoms with Crippen molar-refractivity contribution in [3.63, 3.8) is 0 Å². The molecule has 0 aliphatic carbocycles. The summed E-state index contributed by atoms with van der Waals surface area (Å²) in [4.78, 5) is 10.6. The molecule has 0 atom stereocenters. The lowest BCUT2D eigenvalue weighted by atomic mass is 9.98. The SMILES string of the molecule is CC1CC[N+](C)(C=O)CC1. The Morgan fingerprint density at radius 1 is 1.40 bits per heavy atom. The standard InChI is InChI=1S/C8H16NO/c1-8-3-5-9(2,7-10)6-4-8/h7-8H,3-6H2,1-2H3/q+1. The molecule has 1 aliphatic rings. The van der Waals surface area contributed by atoms with Crippen LogP contribution in [0.3, 0.4) is 0 Å². The Balaban J connectivity index is 2.46. The number of carbonyl (C=O) groups excluding carboxylic acids is 1. The normalized spacial score (nSPS) is 41.2. The smallest absolute Gasteiger partial charge is 0.266 e. The second-order valence-electron chi connectivity index (χ2n) is 3.71. The lowest BCUT2D eigenvalue weighted by molar-refractivity contribution is -0.832. The van der Waals surface area contributed by atoms with Crippen LogP contribution in [0.1, 0.15) is 19.8 Å². The average molecular weight is 142 g/mol. The van der Waals surface area contributed by atoms with Gasteiger partial charge in [0.1, 0.15) is 0 Å². The molecule has 1 heterocycles. The minimum absolute atomic E-state index is 0.629. The van der Waals surface area contributed by atoms with Crippen molar-refractivity contribution in [2.24, 2.45) is 5.92 Å². The minimum atomic E-state index is 0.629. The lowest BCUT2D eigenvalue weighted by Gasteiger charge is -2.33. The van der Waals surface area contributed by atoms with E-state index in [1.54, 1.807) is 0 Å². The molecule has 0 aromatic carbocycles. The molecule has 0 bridgehead atoms. The Hall–Kier alpha value is -0.370. The van der Waals surface area contributed by atoms with Crippen LogP contribution in [0, 0.1) is 5.92 Å². The summed E-state index contributed by atoms with van der Waals surface area (Å²) in [5.74, 6) is 0.825. The molecule has 10 heavy (non-hydrogen) atoms. The van der Waals surface area contributed by atoms with Crippen molar-refractivity contribution in [1.29, 1.82) is 0 Å². The maximum Gasteiger partial charge on any atom is 0.301 e. The molecular weight excluding hydrogens is 126 g/mol. The third-order valence-corrected chi connectivity index (χ3v) is 2.52. The highest BCUT2D eigenvalue weighted by molar-refractivity contribution is 5.37. The van der Waals surface area contributed by atoms with E-state index < -0.39 is 0 Å². The Labute approximate surface area is 62.4 Å². The van der Waals surface area contributed by atoms with Crippen molar-refractivity contribution < 1.29 is 9.28 Å². The largest absolute Gasteiger partial charge is 0.301 e. The Morgan fingerprint density at radius 2 is 1.90 bits per heavy atom. The summed E-state index contributed by atoms with van der Waals surface area (Å²) in [6.45, 7) is 4.32. The van der Waals surface area contributed by atoms with Gasteiger partial charge in [0.05, 0.1) is 20.1 Å². The zero-order valence-corrected chi connectivity index (χ0v) is 6.84. The van der Waals surface area contributed by atoms with Crippen LogP contribution >= 0.6 is 0 Å². The van der Waals surface area contributed by atoms with Gasteiger partial charge < -0.3 is 0 Å². The molecule has 2 heteroatoms. The number of nitrogens with zero attached hydrogens (tertiary/aromatic N) is 1. The zero-order chi connectivity index (χ0) is 7.61. The maximum atomic E-state index is 10.6. The van der Waals surface area contributed by atoms with Crippen molar-refractivity contribution in [3.05, 3.63) is 0 Å². The first-order chi connectivity index (χ1) is 4.66. The highest BCUT2D eigenvalue weighted by atomic mass is 16.1. The third-order valence-electron chi connectivity index (χ3n) is 2.52. The fourth-order valence-corrected chi connectivity index (χ4v) is 1.39. The number of quaternary nitrogens is 1. The van der Waals surface area contributed by atoms with Gasteiger partial charge in [-0.15, -0.1) is 0 Å². The van der Waals surface area contributed by atoms with Crippen LogP contribution in [-0.4, -0.2) is 31.0 Å². The lowest BCUT2D eigenvalue weighted by Crippen LogP contribution is -2.48. The van der Waals surface area contributed by atoms with Crippen LogP contribution in [0.25, 0.3) is 0 Å². The first-order valence-electron chi connectivity index (χ1n) is 3.97. The molecule has 1 aliphatic heterocycles. The number of piperidine rings is 1. The van der Waals surface area contributed by atoms with E-state index in [0.717, 1.165) is 25.4 Å². The number of carbonyl (C=O) groups is 1. The minimum Gasteiger partial charge on any atom is -0.266 e. The summed E-state index contributed by atoms with van der Waals surface area (Å²) in [5.41, 5.74) is 0. The van der Waals surface area contributed by atoms with Crippen molar-refractivity contribution in [2.45, 2.75) is 19.8 Å². The molecule has 0 saturated carbocycles. The van der Waals surface area contributed by atoms with E-state index in [2.05, 4.69) is 6.92 Å². The quantitative estimate of drug-likeness (QED) is 0.394. The van der Waals surface area contributed by atoms with E-state index >= 15 is 0 Å². The van der Waals surface area contributed by atoms with E-state index in [1.807, 2.05) is 7.05 Å². The molecule has 1 saturated heterocycles. The fraction of sp³-hybridized carbons (Fsp3) is 0.875. The van der Waals surface area contributed by atoms with Crippen molar-refractivity contribution in [3.8, 4) is 0 Å². The molecule has 1 amide bonds. The molecular formula is C8H16NO+. The van der Waals surface area contributed by atoms with E-state index in [9.17, 15) is 4.79 Å². The third kappa shape index (κ3) is 1.57. The van der Waals surface area contributed by atoms with Crippen LogP contribution in [0.4, 0.5) is 0 Å². The maximum absolute atomic E-state index is 10.6. The first kappa shape index (κ1) is 7.73. The Bertz CT molecular complexity index is 125. The summed E-state index contributed by atoms with van der Waals surface area (Å²) >= 11 is 0. The molecule has 0 radical (unpaired) electrons. The summed E-state index contributed by atoms with van der Waals surface area (Å²) in [5, 5.41) is 0. The first-order valence-corrected chi connectivity index (χ1v) is 3.97. The summed E-state index contributed by atoms with van der Waals surface area (Å²) in [7, 11) is 2.01. The fourth-order valence-electron chi connectivity index (χ4n) is 1.39. The molecule has 2 nitrogen and oxygen atoms in total. The van der Waals surface area contributed by atoms with Gasteiger partial charge in [0.2, 0.25) is 0 Å². The van der Waals surface area contributed by atoms with E-state index in [0.29, 0.717) is 4.48 Å². The van der Waals surface area contributed by atoms with Gasteiger partial charge in [-0.2, -0.15) is 0 Å². The molecule has 0 aromatic rings. The van der Waals surface area contributed by atoms with Crippen molar-refractivity contribution in [1.82, 2.24) is 0 Å². The van der Waals surface area contributed by atoms with Gasteiger partial charge in [-0.1, -0.05) is 6.92 Å². The van der Waals surface area contributed by atoms with E-state index in [4.69, 9.17) is 0 Å². The summed E-state index contributed by atoms with van der Waals surface area (Å²) < 4.78 is 0.629. The molecule has 0 unspecified atom stereocenters. The number of likely N-dealkylation sites (tertiary alicyclic amines) is 1. The van der Waals surface area contributed by atoms with Gasteiger partial charge >= 0.3 is 6.41 Å². The van der Waals surface area contributed by atoms with Gasteiger partial charge in [-0.25, -0.2) is 4.79 Å². The second-order valence-corrected chi connectivity index (χ2v) is 3.71. The molecule has 0 N–H and O–H groups in total. The van der Waals surface area contributed by atoms with Crippen LogP contribution in [0.15, 0.2) is 0 Å². The summed E-state index contributed by atoms with van der Waals surface area (Å²) in [6.07, 6.45) is 3.48. The van der Waals surface area contributed by atoms with Gasteiger partial charge in [0.15, 0.2) is 0 Å². The predicted octanol–water partition coefficient (Wildman–Crippen LogP) is 1.02. The molecule has 0 spiro atoms.